The second kappa shape index (κ2) is 12.3. The summed E-state index contributed by atoms with van der Waals surface area (Å²) in [5.74, 6) is 1.78. The first-order valence-electron chi connectivity index (χ1n) is 9.39. The molecule has 160 valence electrons. The maximum atomic E-state index is 6.01. The molecule has 1 saturated heterocycles. The minimum Gasteiger partial charge on any atom is -0.379 e. The van der Waals surface area contributed by atoms with Crippen LogP contribution < -0.4 is 10.6 Å². The fourth-order valence-corrected chi connectivity index (χ4v) is 2.97. The van der Waals surface area contributed by atoms with Gasteiger partial charge in [-0.25, -0.2) is 0 Å². The van der Waals surface area contributed by atoms with Crippen LogP contribution in [0.1, 0.15) is 19.2 Å². The SMILES string of the molecule is CN=C(NCCc1nc(-c2cccc(Cl)c2)no1)NC(C)COC1CCOC1.I. The Bertz CT molecular complexity index is 783. The first kappa shape index (κ1) is 23.8. The van der Waals surface area contributed by atoms with Crippen LogP contribution in [0.5, 0.6) is 0 Å². The summed E-state index contributed by atoms with van der Waals surface area (Å²) in [5, 5.41) is 11.2. The second-order valence-corrected chi connectivity index (χ2v) is 7.07. The van der Waals surface area contributed by atoms with E-state index in [0.717, 1.165) is 18.6 Å². The number of guanidine groups is 1. The molecule has 2 heterocycles. The number of benzene rings is 1. The van der Waals surface area contributed by atoms with E-state index in [2.05, 4.69) is 32.7 Å². The smallest absolute Gasteiger partial charge is 0.228 e. The van der Waals surface area contributed by atoms with Gasteiger partial charge in [0.2, 0.25) is 11.7 Å². The zero-order valence-electron chi connectivity index (χ0n) is 16.6. The van der Waals surface area contributed by atoms with Gasteiger partial charge in [-0.2, -0.15) is 4.98 Å². The monoisotopic (exact) mass is 535 g/mol. The lowest BCUT2D eigenvalue weighted by molar-refractivity contribution is 0.0347. The summed E-state index contributed by atoms with van der Waals surface area (Å²) >= 11 is 6.01. The number of halogens is 2. The Morgan fingerprint density at radius 3 is 3.03 bits per heavy atom. The van der Waals surface area contributed by atoms with Gasteiger partial charge in [-0.3, -0.25) is 4.99 Å². The molecule has 0 amide bonds. The van der Waals surface area contributed by atoms with E-state index in [1.807, 2.05) is 18.2 Å². The molecule has 2 unspecified atom stereocenters. The molecule has 2 aromatic rings. The number of aromatic nitrogens is 2. The molecule has 0 spiro atoms. The van der Waals surface area contributed by atoms with E-state index in [-0.39, 0.29) is 36.1 Å². The highest BCUT2D eigenvalue weighted by atomic mass is 127. The van der Waals surface area contributed by atoms with Crippen molar-refractivity contribution >= 4 is 41.5 Å². The zero-order valence-corrected chi connectivity index (χ0v) is 19.6. The van der Waals surface area contributed by atoms with Crippen molar-refractivity contribution in [3.8, 4) is 11.4 Å². The second-order valence-electron chi connectivity index (χ2n) is 6.64. The van der Waals surface area contributed by atoms with Crippen molar-refractivity contribution in [3.63, 3.8) is 0 Å². The van der Waals surface area contributed by atoms with Crippen LogP contribution in [0.25, 0.3) is 11.4 Å². The molecule has 8 nitrogen and oxygen atoms in total. The van der Waals surface area contributed by atoms with Gasteiger partial charge in [0, 0.05) is 43.2 Å². The van der Waals surface area contributed by atoms with Gasteiger partial charge >= 0.3 is 0 Å². The van der Waals surface area contributed by atoms with Gasteiger partial charge in [-0.1, -0.05) is 28.9 Å². The third-order valence-electron chi connectivity index (χ3n) is 4.26. The molecular formula is C19H27ClIN5O3. The van der Waals surface area contributed by atoms with Gasteiger partial charge in [0.1, 0.15) is 0 Å². The first-order chi connectivity index (χ1) is 13.6. The number of nitrogens with zero attached hydrogens (tertiary/aromatic N) is 3. The van der Waals surface area contributed by atoms with Gasteiger partial charge < -0.3 is 24.6 Å². The summed E-state index contributed by atoms with van der Waals surface area (Å²) in [6.45, 7) is 4.73. The molecular weight excluding hydrogens is 509 g/mol. The largest absolute Gasteiger partial charge is 0.379 e. The Hall–Kier alpha value is -1.43. The van der Waals surface area contributed by atoms with Gasteiger partial charge in [0.15, 0.2) is 5.96 Å². The molecule has 1 fully saturated rings. The predicted octanol–water partition coefficient (Wildman–Crippen LogP) is 2.91. The summed E-state index contributed by atoms with van der Waals surface area (Å²) in [6, 6.07) is 7.50. The number of hydrogen-bond donors (Lipinski definition) is 2. The molecule has 3 rings (SSSR count). The minimum absolute atomic E-state index is 0. The van der Waals surface area contributed by atoms with Crippen LogP contribution in [0.4, 0.5) is 0 Å². The Balaban J connectivity index is 0.00000300. The normalized spacial score (nSPS) is 17.6. The standard InChI is InChI=1S/C19H26ClN5O3.HI/c1-13(11-27-16-7-9-26-12-16)23-19(21-2)22-8-6-17-24-18(25-28-17)14-4-3-5-15(20)10-14;/h3-5,10,13,16H,6-9,11-12H2,1-2H3,(H2,21,22,23);1H. The molecule has 0 radical (unpaired) electrons. The first-order valence-corrected chi connectivity index (χ1v) is 9.77. The molecule has 2 atom stereocenters. The molecule has 1 aromatic carbocycles. The maximum Gasteiger partial charge on any atom is 0.228 e. The summed E-state index contributed by atoms with van der Waals surface area (Å²) in [6.07, 6.45) is 1.74. The Kier molecular flexibility index (Phi) is 10.1. The molecule has 2 N–H and O–H groups in total. The third-order valence-corrected chi connectivity index (χ3v) is 4.49. The summed E-state index contributed by atoms with van der Waals surface area (Å²) in [5.41, 5.74) is 0.828. The van der Waals surface area contributed by atoms with Crippen LogP contribution in [0.15, 0.2) is 33.8 Å². The van der Waals surface area contributed by atoms with Gasteiger partial charge in [-0.15, -0.1) is 24.0 Å². The van der Waals surface area contributed by atoms with Gasteiger partial charge in [-0.05, 0) is 25.5 Å². The minimum atomic E-state index is 0. The van der Waals surface area contributed by atoms with Crippen molar-refractivity contribution in [1.82, 2.24) is 20.8 Å². The average molecular weight is 536 g/mol. The van der Waals surface area contributed by atoms with Gasteiger partial charge in [0.05, 0.1) is 19.3 Å². The van der Waals surface area contributed by atoms with Crippen molar-refractivity contribution in [2.24, 2.45) is 4.99 Å². The average Bonchev–Trinajstić information content (AvgIpc) is 3.37. The van der Waals surface area contributed by atoms with Crippen molar-refractivity contribution in [2.45, 2.75) is 31.9 Å². The molecule has 1 aliphatic rings. The van der Waals surface area contributed by atoms with E-state index in [4.69, 9.17) is 25.6 Å². The van der Waals surface area contributed by atoms with E-state index < -0.39 is 0 Å². The van der Waals surface area contributed by atoms with Crippen molar-refractivity contribution in [3.05, 3.63) is 35.2 Å². The van der Waals surface area contributed by atoms with Gasteiger partial charge in [0.25, 0.3) is 0 Å². The summed E-state index contributed by atoms with van der Waals surface area (Å²) in [7, 11) is 1.73. The Morgan fingerprint density at radius 2 is 2.31 bits per heavy atom. The Morgan fingerprint density at radius 1 is 1.45 bits per heavy atom. The molecule has 0 bridgehead atoms. The van der Waals surface area contributed by atoms with Crippen molar-refractivity contribution in [1.29, 1.82) is 0 Å². The molecule has 0 saturated carbocycles. The molecule has 0 aliphatic carbocycles. The molecule has 1 aromatic heterocycles. The third kappa shape index (κ3) is 7.72. The van der Waals surface area contributed by atoms with Crippen LogP contribution in [-0.4, -0.2) is 61.7 Å². The fraction of sp³-hybridized carbons (Fsp3) is 0.526. The Labute approximate surface area is 192 Å². The number of hydrogen-bond acceptors (Lipinski definition) is 6. The number of ether oxygens (including phenoxy) is 2. The van der Waals surface area contributed by atoms with Crippen LogP contribution in [0.3, 0.4) is 0 Å². The predicted molar refractivity (Wildman–Crippen MR) is 123 cm³/mol. The summed E-state index contributed by atoms with van der Waals surface area (Å²) < 4.78 is 16.5. The number of rotatable bonds is 8. The lowest BCUT2D eigenvalue weighted by Gasteiger charge is -2.19. The summed E-state index contributed by atoms with van der Waals surface area (Å²) in [4.78, 5) is 8.64. The van der Waals surface area contributed by atoms with Crippen LogP contribution >= 0.6 is 35.6 Å². The van der Waals surface area contributed by atoms with Crippen molar-refractivity contribution < 1.29 is 14.0 Å². The maximum absolute atomic E-state index is 6.01. The lowest BCUT2D eigenvalue weighted by Crippen LogP contribution is -2.45. The van der Waals surface area contributed by atoms with Crippen LogP contribution in [0, 0.1) is 0 Å². The molecule has 10 heteroatoms. The fourth-order valence-electron chi connectivity index (χ4n) is 2.78. The van der Waals surface area contributed by atoms with Crippen LogP contribution in [0.2, 0.25) is 5.02 Å². The quantitative estimate of drug-likeness (QED) is 0.305. The molecule has 1 aliphatic heterocycles. The highest BCUT2D eigenvalue weighted by Crippen LogP contribution is 2.19. The molecule has 29 heavy (non-hydrogen) atoms. The number of aliphatic imine (C=N–C) groups is 1. The highest BCUT2D eigenvalue weighted by Gasteiger charge is 2.17. The lowest BCUT2D eigenvalue weighted by atomic mass is 10.2. The zero-order chi connectivity index (χ0) is 19.8. The van der Waals surface area contributed by atoms with Crippen LogP contribution in [-0.2, 0) is 15.9 Å². The van der Waals surface area contributed by atoms with E-state index in [1.165, 1.54) is 0 Å². The van der Waals surface area contributed by atoms with E-state index in [9.17, 15) is 0 Å². The van der Waals surface area contributed by atoms with E-state index in [1.54, 1.807) is 13.1 Å². The number of nitrogens with one attached hydrogen (secondary N) is 2. The van der Waals surface area contributed by atoms with E-state index >= 15 is 0 Å². The highest BCUT2D eigenvalue weighted by molar-refractivity contribution is 14.0. The van der Waals surface area contributed by atoms with Crippen molar-refractivity contribution in [2.75, 3.05) is 33.4 Å². The van der Waals surface area contributed by atoms with E-state index in [0.29, 0.717) is 48.9 Å². The topological polar surface area (TPSA) is 93.8 Å².